The van der Waals surface area contributed by atoms with Gasteiger partial charge in [0.2, 0.25) is 11.8 Å². The van der Waals surface area contributed by atoms with E-state index in [1.54, 1.807) is 0 Å². The molecule has 112 valence electrons. The minimum absolute atomic E-state index is 0.143. The van der Waals surface area contributed by atoms with Crippen molar-refractivity contribution in [2.75, 3.05) is 18.0 Å². The van der Waals surface area contributed by atoms with Crippen LogP contribution in [-0.2, 0) is 15.0 Å². The molecule has 1 atom stereocenters. The zero-order chi connectivity index (χ0) is 14.9. The monoisotopic (exact) mass is 286 g/mol. The molecular weight excluding hydrogens is 264 g/mol. The molecule has 0 spiro atoms. The van der Waals surface area contributed by atoms with Crippen LogP contribution in [0.1, 0.15) is 44.6 Å². The van der Waals surface area contributed by atoms with E-state index in [-0.39, 0.29) is 11.8 Å². The molecule has 0 aliphatic carbocycles. The average molecular weight is 286 g/mol. The first-order chi connectivity index (χ1) is 10.2. The third kappa shape index (κ3) is 2.43. The van der Waals surface area contributed by atoms with Gasteiger partial charge in [0.25, 0.3) is 0 Å². The minimum Gasteiger partial charge on any atom is -0.372 e. The molecule has 2 aliphatic heterocycles. The molecule has 2 heterocycles. The number of benzene rings is 1. The molecule has 1 aromatic rings. The lowest BCUT2D eigenvalue weighted by atomic mass is 9.72. The number of hydrogen-bond donors (Lipinski definition) is 1. The van der Waals surface area contributed by atoms with E-state index in [2.05, 4.69) is 34.5 Å². The summed E-state index contributed by atoms with van der Waals surface area (Å²) >= 11 is 0. The van der Waals surface area contributed by atoms with Gasteiger partial charge in [0.05, 0.1) is 5.41 Å². The SMILES string of the molecule is CCC1(c2ccc(N3CCCC3)cc2)CCC(=O)NC1=O. The molecule has 21 heavy (non-hydrogen) atoms. The van der Waals surface area contributed by atoms with Crippen LogP contribution in [-0.4, -0.2) is 24.9 Å². The van der Waals surface area contributed by atoms with Gasteiger partial charge < -0.3 is 4.90 Å². The first-order valence-electron chi connectivity index (χ1n) is 7.85. The molecule has 2 saturated heterocycles. The van der Waals surface area contributed by atoms with Crippen LogP contribution in [0.2, 0.25) is 0 Å². The van der Waals surface area contributed by atoms with Crippen LogP contribution in [0, 0.1) is 0 Å². The second-order valence-corrected chi connectivity index (χ2v) is 6.05. The Bertz CT molecular complexity index is 546. The van der Waals surface area contributed by atoms with Crippen molar-refractivity contribution in [1.29, 1.82) is 0 Å². The first kappa shape index (κ1) is 14.1. The summed E-state index contributed by atoms with van der Waals surface area (Å²) in [6, 6.07) is 8.35. The van der Waals surface area contributed by atoms with Crippen LogP contribution in [0.4, 0.5) is 5.69 Å². The standard InChI is InChI=1S/C17H22N2O2/c1-2-17(10-9-15(20)18-16(17)21)13-5-7-14(8-6-13)19-11-3-4-12-19/h5-8H,2-4,9-12H2,1H3,(H,18,20,21). The Morgan fingerprint density at radius 1 is 1.14 bits per heavy atom. The number of rotatable bonds is 3. The highest BCUT2D eigenvalue weighted by Gasteiger charge is 2.42. The number of anilines is 1. The van der Waals surface area contributed by atoms with Crippen molar-refractivity contribution in [1.82, 2.24) is 5.32 Å². The van der Waals surface area contributed by atoms with Gasteiger partial charge >= 0.3 is 0 Å². The summed E-state index contributed by atoms with van der Waals surface area (Å²) in [4.78, 5) is 26.1. The van der Waals surface area contributed by atoms with E-state index in [1.807, 2.05) is 6.92 Å². The fourth-order valence-corrected chi connectivity index (χ4v) is 3.53. The third-order valence-corrected chi connectivity index (χ3v) is 4.96. The van der Waals surface area contributed by atoms with E-state index >= 15 is 0 Å². The lowest BCUT2D eigenvalue weighted by molar-refractivity contribution is -0.138. The van der Waals surface area contributed by atoms with Crippen molar-refractivity contribution < 1.29 is 9.59 Å². The summed E-state index contributed by atoms with van der Waals surface area (Å²) in [7, 11) is 0. The van der Waals surface area contributed by atoms with Crippen molar-refractivity contribution in [2.24, 2.45) is 0 Å². The Balaban J connectivity index is 1.87. The zero-order valence-electron chi connectivity index (χ0n) is 12.5. The van der Waals surface area contributed by atoms with Gasteiger partial charge in [-0.25, -0.2) is 0 Å². The molecule has 0 radical (unpaired) electrons. The van der Waals surface area contributed by atoms with Crippen molar-refractivity contribution in [3.8, 4) is 0 Å². The van der Waals surface area contributed by atoms with Gasteiger partial charge in [-0.1, -0.05) is 19.1 Å². The van der Waals surface area contributed by atoms with Gasteiger partial charge in [-0.3, -0.25) is 14.9 Å². The number of nitrogens with zero attached hydrogens (tertiary/aromatic N) is 1. The Labute approximate surface area is 125 Å². The fraction of sp³-hybridized carbons (Fsp3) is 0.529. The maximum absolute atomic E-state index is 12.4. The maximum atomic E-state index is 12.4. The van der Waals surface area contributed by atoms with Gasteiger partial charge in [-0.2, -0.15) is 0 Å². The second kappa shape index (κ2) is 5.51. The summed E-state index contributed by atoms with van der Waals surface area (Å²) in [5.41, 5.74) is 1.71. The van der Waals surface area contributed by atoms with Gasteiger partial charge in [0.15, 0.2) is 0 Å². The van der Waals surface area contributed by atoms with E-state index in [9.17, 15) is 9.59 Å². The molecule has 1 N–H and O–H groups in total. The summed E-state index contributed by atoms with van der Waals surface area (Å²) in [6.45, 7) is 4.25. The van der Waals surface area contributed by atoms with E-state index in [4.69, 9.17) is 0 Å². The fourth-order valence-electron chi connectivity index (χ4n) is 3.53. The number of hydrogen-bond acceptors (Lipinski definition) is 3. The van der Waals surface area contributed by atoms with Crippen LogP contribution in [0.15, 0.2) is 24.3 Å². The smallest absolute Gasteiger partial charge is 0.237 e. The van der Waals surface area contributed by atoms with Gasteiger partial charge in [0.1, 0.15) is 0 Å². The van der Waals surface area contributed by atoms with Gasteiger partial charge in [-0.15, -0.1) is 0 Å². The second-order valence-electron chi connectivity index (χ2n) is 6.05. The topological polar surface area (TPSA) is 49.4 Å². The van der Waals surface area contributed by atoms with Gasteiger partial charge in [0, 0.05) is 25.2 Å². The summed E-state index contributed by atoms with van der Waals surface area (Å²) < 4.78 is 0. The number of amides is 2. The van der Waals surface area contributed by atoms with Crippen LogP contribution < -0.4 is 10.2 Å². The molecule has 2 amide bonds. The Kier molecular flexibility index (Phi) is 3.70. The average Bonchev–Trinajstić information content (AvgIpc) is 3.03. The molecule has 2 aliphatic rings. The normalized spacial score (nSPS) is 26.0. The highest BCUT2D eigenvalue weighted by Crippen LogP contribution is 2.36. The minimum atomic E-state index is -0.544. The lowest BCUT2D eigenvalue weighted by Crippen LogP contribution is -2.51. The quantitative estimate of drug-likeness (QED) is 0.868. The van der Waals surface area contributed by atoms with Crippen molar-refractivity contribution >= 4 is 17.5 Å². The molecular formula is C17H22N2O2. The number of nitrogens with one attached hydrogen (secondary N) is 1. The van der Waals surface area contributed by atoms with E-state index in [0.717, 1.165) is 25.1 Å². The van der Waals surface area contributed by atoms with Crippen LogP contribution in [0.3, 0.4) is 0 Å². The Morgan fingerprint density at radius 3 is 2.38 bits per heavy atom. The largest absolute Gasteiger partial charge is 0.372 e. The molecule has 0 bridgehead atoms. The van der Waals surface area contributed by atoms with E-state index < -0.39 is 5.41 Å². The van der Waals surface area contributed by atoms with Crippen molar-refractivity contribution in [3.05, 3.63) is 29.8 Å². The lowest BCUT2D eigenvalue weighted by Gasteiger charge is -2.35. The number of imide groups is 1. The van der Waals surface area contributed by atoms with Crippen molar-refractivity contribution in [3.63, 3.8) is 0 Å². The summed E-state index contributed by atoms with van der Waals surface area (Å²) in [5, 5.41) is 2.50. The number of carbonyl (C=O) groups excluding carboxylic acids is 2. The Morgan fingerprint density at radius 2 is 1.81 bits per heavy atom. The summed E-state index contributed by atoms with van der Waals surface area (Å²) in [5.74, 6) is -0.298. The molecule has 4 nitrogen and oxygen atoms in total. The summed E-state index contributed by atoms with van der Waals surface area (Å²) in [6.07, 6.45) is 4.26. The van der Waals surface area contributed by atoms with Gasteiger partial charge in [-0.05, 0) is 43.4 Å². The van der Waals surface area contributed by atoms with E-state index in [0.29, 0.717) is 12.8 Å². The number of piperidine rings is 1. The molecule has 1 unspecified atom stereocenters. The van der Waals surface area contributed by atoms with Crippen molar-refractivity contribution in [2.45, 2.75) is 44.4 Å². The van der Waals surface area contributed by atoms with Crippen LogP contribution >= 0.6 is 0 Å². The molecule has 2 fully saturated rings. The highest BCUT2D eigenvalue weighted by molar-refractivity contribution is 6.03. The maximum Gasteiger partial charge on any atom is 0.237 e. The molecule has 0 aromatic heterocycles. The van der Waals surface area contributed by atoms with Crippen LogP contribution in [0.25, 0.3) is 0 Å². The highest BCUT2D eigenvalue weighted by atomic mass is 16.2. The first-order valence-corrected chi connectivity index (χ1v) is 7.85. The molecule has 1 aromatic carbocycles. The predicted molar refractivity (Wildman–Crippen MR) is 82.2 cm³/mol. The predicted octanol–water partition coefficient (Wildman–Crippen LogP) is 2.37. The Hall–Kier alpha value is -1.84. The third-order valence-electron chi connectivity index (χ3n) is 4.96. The van der Waals surface area contributed by atoms with Crippen LogP contribution in [0.5, 0.6) is 0 Å². The molecule has 3 rings (SSSR count). The van der Waals surface area contributed by atoms with E-state index in [1.165, 1.54) is 18.5 Å². The molecule has 0 saturated carbocycles. The molecule has 4 heteroatoms. The number of carbonyl (C=O) groups is 2. The zero-order valence-corrected chi connectivity index (χ0v) is 12.5.